The average Bonchev–Trinajstić information content (AvgIpc) is 0.825. The molecule has 16 rings (SSSR count). The summed E-state index contributed by atoms with van der Waals surface area (Å²) in [7, 11) is -3.29. The maximum atomic E-state index is 12.9. The molecule has 0 saturated heterocycles. The molecule has 0 aliphatic carbocycles. The summed E-state index contributed by atoms with van der Waals surface area (Å²) in [4.78, 5) is 126. The molecule has 6 heterocycles. The Bertz CT molecular complexity index is 7130. The van der Waals surface area contributed by atoms with E-state index in [-0.39, 0.29) is 85.3 Å². The van der Waals surface area contributed by atoms with Crippen LogP contribution in [0.4, 0.5) is 22.7 Å². The van der Waals surface area contributed by atoms with Crippen LogP contribution in [0.15, 0.2) is 358 Å². The number of carbonyl (C=O) groups is 8. The molecule has 680 valence electrons. The first-order valence-electron chi connectivity index (χ1n) is 41.5. The van der Waals surface area contributed by atoms with Gasteiger partial charge in [0, 0.05) is 125 Å². The van der Waals surface area contributed by atoms with Gasteiger partial charge in [0.1, 0.15) is 11.4 Å². The molecule has 24 nitrogen and oxygen atoms in total. The van der Waals surface area contributed by atoms with Crippen LogP contribution in [-0.4, -0.2) is 91.8 Å². The minimum Gasteiger partial charge on any atom is -0.348 e. The number of sulfone groups is 1. The maximum absolute atomic E-state index is 12.9. The monoisotopic (exact) mass is 1960 g/mol. The van der Waals surface area contributed by atoms with Crippen molar-refractivity contribution in [2.24, 2.45) is 0 Å². The Morgan fingerprint density at radius 1 is 0.279 bits per heavy atom. The summed E-state index contributed by atoms with van der Waals surface area (Å²) in [6.45, 7) is 2.68. The molecule has 8 N–H and O–H groups in total. The molecule has 0 aliphatic heterocycles. The molecule has 0 fully saturated rings. The van der Waals surface area contributed by atoms with Gasteiger partial charge in [-0.25, -0.2) is 8.42 Å². The Morgan fingerprint density at radius 2 is 0.588 bits per heavy atom. The standard InChI is InChI=1S/C27H21Cl2N3O4S.C27H21Cl2N3O2.C25H18Cl2N4O2.C25H19ClN4O2/c1-37(35,36)20-9-5-17(6-10-20)16-31-26(33)18-7-11-21(24(29)14-18)27(34)32-19-8-12-23(28)22(15-19)25-4-2-3-13-30-25;1-17(18-7-3-2-4-8-18)31-26(33)19-10-12-21(24(29)15-19)27(34)32-20-11-13-23(28)22(16-20)25-9-5-6-14-30-25;26-20-10-8-17(14-19(20)22-5-1-3-11-28-22)31-24(32)18-9-7-16(13-21(18)27)15-30-25(33)23-6-2-4-12-29-23;26-21-12-11-19(15-20(21)22-5-1-3-13-27-22)30-24(31)18-9-7-17(8-10-18)16-29-25(32)23-6-2-4-14-28-23/h2-15H,16H2,1H3,(H,31,33)(H,32,34);2-17H,1H3,(H,31,33)(H,32,34);1-14H,15H2,(H,30,33)(H,31,32);1-15H,16H2,(H,29,32)(H,30,31). The van der Waals surface area contributed by atoms with Crippen LogP contribution < -0.4 is 42.5 Å². The third-order valence-electron chi connectivity index (χ3n) is 20.3. The van der Waals surface area contributed by atoms with Gasteiger partial charge in [0.25, 0.3) is 47.3 Å². The van der Waals surface area contributed by atoms with Crippen molar-refractivity contribution in [3.05, 3.63) is 455 Å². The topological polar surface area (TPSA) is 344 Å². The first-order chi connectivity index (χ1) is 65.6. The molecule has 1 unspecified atom stereocenters. The number of nitrogens with one attached hydrogen (secondary N) is 8. The van der Waals surface area contributed by atoms with E-state index in [0.29, 0.717) is 111 Å². The minimum atomic E-state index is -3.29. The quantitative estimate of drug-likeness (QED) is 0.0263. The lowest BCUT2D eigenvalue weighted by atomic mass is 10.1. The Balaban J connectivity index is 0.000000154. The highest BCUT2D eigenvalue weighted by atomic mass is 35.5. The molecule has 0 saturated carbocycles. The summed E-state index contributed by atoms with van der Waals surface area (Å²) in [5, 5.41) is 25.3. The van der Waals surface area contributed by atoms with Crippen LogP contribution in [0.2, 0.25) is 35.2 Å². The molecule has 32 heteroatoms. The van der Waals surface area contributed by atoms with Crippen LogP contribution in [0, 0.1) is 0 Å². The van der Waals surface area contributed by atoms with Crippen LogP contribution in [0.5, 0.6) is 0 Å². The lowest BCUT2D eigenvalue weighted by Crippen LogP contribution is -2.26. The highest BCUT2D eigenvalue weighted by Gasteiger charge is 2.22. The summed E-state index contributed by atoms with van der Waals surface area (Å²) < 4.78 is 23.1. The van der Waals surface area contributed by atoms with Gasteiger partial charge in [-0.2, -0.15) is 0 Å². The number of hydrogen-bond acceptors (Lipinski definition) is 16. The van der Waals surface area contributed by atoms with Crippen LogP contribution in [-0.2, 0) is 29.5 Å². The largest absolute Gasteiger partial charge is 0.348 e. The average molecular weight is 1970 g/mol. The lowest BCUT2D eigenvalue weighted by molar-refractivity contribution is 0.0933. The van der Waals surface area contributed by atoms with Gasteiger partial charge in [0.2, 0.25) is 0 Å². The van der Waals surface area contributed by atoms with Crippen LogP contribution in [0.3, 0.4) is 0 Å². The predicted octanol–water partition coefficient (Wildman–Crippen LogP) is 23.1. The third-order valence-corrected chi connectivity index (χ3v) is 23.6. The van der Waals surface area contributed by atoms with Gasteiger partial charge in [0.15, 0.2) is 9.84 Å². The van der Waals surface area contributed by atoms with Crippen molar-refractivity contribution in [3.63, 3.8) is 0 Å². The fraction of sp³-hybridized carbons (Fsp3) is 0.0577. The zero-order valence-electron chi connectivity index (χ0n) is 72.0. The Hall–Kier alpha value is -15.2. The van der Waals surface area contributed by atoms with Crippen molar-refractivity contribution in [2.75, 3.05) is 27.5 Å². The van der Waals surface area contributed by atoms with E-state index in [2.05, 4.69) is 72.4 Å². The van der Waals surface area contributed by atoms with E-state index in [9.17, 15) is 46.8 Å². The summed E-state index contributed by atoms with van der Waals surface area (Å²) in [5.41, 5.74) is 13.8. The van der Waals surface area contributed by atoms with E-state index >= 15 is 0 Å². The summed E-state index contributed by atoms with van der Waals surface area (Å²) in [6.07, 6.45) is 11.0. The normalized spacial score (nSPS) is 10.9. The van der Waals surface area contributed by atoms with Gasteiger partial charge < -0.3 is 42.5 Å². The SMILES string of the molecule is CC(NC(=O)c1ccc(C(=O)Nc2ccc(Cl)c(-c3ccccn3)c2)c(Cl)c1)c1ccccc1.CS(=O)(=O)c1ccc(CNC(=O)c2ccc(C(=O)Nc3ccc(Cl)c(-c4ccccn4)c3)c(Cl)c2)cc1.O=C(NCc1ccc(C(=O)Nc2ccc(Cl)c(-c3ccccn3)c2)c(Cl)c1)c1ccccn1.O=C(Nc1ccc(Cl)c(-c2ccccn2)c1)c1ccc(CNC(=O)c2ccccn2)cc1. The number of pyridine rings is 6. The molecule has 1 atom stereocenters. The first-order valence-corrected chi connectivity index (χ1v) is 46.1. The second-order valence-corrected chi connectivity index (χ2v) is 34.7. The van der Waals surface area contributed by atoms with Gasteiger partial charge >= 0.3 is 0 Å². The van der Waals surface area contributed by atoms with Gasteiger partial charge in [-0.3, -0.25) is 68.3 Å². The van der Waals surface area contributed by atoms with Gasteiger partial charge in [-0.1, -0.05) is 178 Å². The van der Waals surface area contributed by atoms with E-state index in [0.717, 1.165) is 39.8 Å². The summed E-state index contributed by atoms with van der Waals surface area (Å²) in [5.74, 6) is -2.66. The fourth-order valence-electron chi connectivity index (χ4n) is 13.2. The Kier molecular flexibility index (Phi) is 34.3. The second-order valence-electron chi connectivity index (χ2n) is 29.9. The van der Waals surface area contributed by atoms with E-state index in [4.69, 9.17) is 81.2 Å². The third kappa shape index (κ3) is 27.5. The van der Waals surface area contributed by atoms with Gasteiger partial charge in [-0.15, -0.1) is 0 Å². The van der Waals surface area contributed by atoms with Gasteiger partial charge in [-0.05, 0) is 248 Å². The number of anilines is 4. The highest BCUT2D eigenvalue weighted by molar-refractivity contribution is 7.90. The molecular weight excluding hydrogens is 1890 g/mol. The number of rotatable bonds is 25. The molecule has 0 bridgehead atoms. The van der Waals surface area contributed by atoms with Crippen molar-refractivity contribution in [1.82, 2.24) is 51.2 Å². The minimum absolute atomic E-state index is 0.113. The number of nitrogens with zero attached hydrogens (tertiary/aromatic N) is 6. The number of halogens is 7. The van der Waals surface area contributed by atoms with Crippen LogP contribution in [0.25, 0.3) is 45.0 Å². The molecule has 10 aromatic carbocycles. The summed E-state index contributed by atoms with van der Waals surface area (Å²) >= 11 is 44.3. The molecular formula is C104H79Cl7N14O10S. The number of hydrogen-bond donors (Lipinski definition) is 8. The van der Waals surface area contributed by atoms with Crippen molar-refractivity contribution >= 4 is 161 Å². The van der Waals surface area contributed by atoms with Crippen LogP contribution >= 0.6 is 81.2 Å². The van der Waals surface area contributed by atoms with Crippen molar-refractivity contribution in [2.45, 2.75) is 37.5 Å². The molecule has 6 aromatic heterocycles. The number of aromatic nitrogens is 6. The van der Waals surface area contributed by atoms with E-state index in [1.54, 1.807) is 213 Å². The van der Waals surface area contributed by atoms with E-state index in [1.807, 2.05) is 104 Å². The Morgan fingerprint density at radius 3 is 0.934 bits per heavy atom. The fourth-order valence-corrected chi connectivity index (χ4v) is 15.5. The van der Waals surface area contributed by atoms with Crippen molar-refractivity contribution in [3.8, 4) is 45.0 Å². The molecule has 0 spiro atoms. The van der Waals surface area contributed by atoms with Crippen LogP contribution in [0.1, 0.15) is 118 Å². The maximum Gasteiger partial charge on any atom is 0.270 e. The smallest absolute Gasteiger partial charge is 0.270 e. The lowest BCUT2D eigenvalue weighted by Gasteiger charge is -2.15. The highest BCUT2D eigenvalue weighted by Crippen LogP contribution is 2.36. The second kappa shape index (κ2) is 47.5. The van der Waals surface area contributed by atoms with E-state index in [1.165, 1.54) is 42.5 Å². The number of amides is 8. The van der Waals surface area contributed by atoms with Crippen molar-refractivity contribution < 1.29 is 46.8 Å². The van der Waals surface area contributed by atoms with E-state index < -0.39 is 27.6 Å². The first kappa shape index (κ1) is 98.3. The predicted molar refractivity (Wildman–Crippen MR) is 535 cm³/mol. The molecule has 0 radical (unpaired) electrons. The van der Waals surface area contributed by atoms with Gasteiger partial charge in [0.05, 0.1) is 85.6 Å². The molecule has 8 amide bonds. The Labute approximate surface area is 817 Å². The summed E-state index contributed by atoms with van der Waals surface area (Å²) in [6, 6.07) is 89.8. The number of carbonyl (C=O) groups excluding carboxylic acids is 8. The molecule has 16 aromatic rings. The molecule has 136 heavy (non-hydrogen) atoms. The molecule has 0 aliphatic rings. The number of benzene rings is 10. The van der Waals surface area contributed by atoms with Crippen molar-refractivity contribution in [1.29, 1.82) is 0 Å². The zero-order chi connectivity index (χ0) is 96.2. The zero-order valence-corrected chi connectivity index (χ0v) is 78.1.